The maximum Gasteiger partial charge on any atom is 0.290 e. The normalized spacial score (nSPS) is 17.5. The third kappa shape index (κ3) is 3.65. The van der Waals surface area contributed by atoms with Gasteiger partial charge in [-0.25, -0.2) is 0 Å². The van der Waals surface area contributed by atoms with Crippen molar-refractivity contribution in [2.24, 2.45) is 0 Å². The lowest BCUT2D eigenvalue weighted by atomic mass is 10.0. The lowest BCUT2D eigenvalue weighted by Crippen LogP contribution is -2.48. The fraction of sp³-hybridized carbons (Fsp3) is 0.421. The first-order chi connectivity index (χ1) is 11.1. The second kappa shape index (κ2) is 7.86. The molecule has 0 saturated carbocycles. The number of hydrogen-bond acceptors (Lipinski definition) is 3. The quantitative estimate of drug-likeness (QED) is 0.920. The van der Waals surface area contributed by atoms with E-state index in [1.807, 2.05) is 24.8 Å². The van der Waals surface area contributed by atoms with Crippen molar-refractivity contribution in [2.75, 3.05) is 19.6 Å². The highest BCUT2D eigenvalue weighted by Crippen LogP contribution is 2.26. The molecule has 24 heavy (non-hydrogen) atoms. The third-order valence-electron chi connectivity index (χ3n) is 4.51. The molecule has 1 unspecified atom stereocenters. The average molecular weight is 349 g/mol. The van der Waals surface area contributed by atoms with Gasteiger partial charge in [0.15, 0.2) is 5.76 Å². The van der Waals surface area contributed by atoms with Crippen molar-refractivity contribution >= 4 is 18.3 Å². The van der Waals surface area contributed by atoms with E-state index in [0.29, 0.717) is 12.3 Å². The minimum Gasteiger partial charge on any atom is -0.456 e. The number of carbonyl (C=O) groups excluding carboxylic acids is 1. The predicted octanol–water partition coefficient (Wildman–Crippen LogP) is 3.67. The van der Waals surface area contributed by atoms with Crippen LogP contribution in [0.25, 0.3) is 0 Å². The molecule has 0 aliphatic carbocycles. The Kier molecular flexibility index (Phi) is 6.08. The summed E-state index contributed by atoms with van der Waals surface area (Å²) >= 11 is 0. The van der Waals surface area contributed by atoms with Crippen molar-refractivity contribution < 1.29 is 9.21 Å². The Labute approximate surface area is 149 Å². The zero-order chi connectivity index (χ0) is 16.4. The fourth-order valence-corrected chi connectivity index (χ4v) is 3.20. The summed E-state index contributed by atoms with van der Waals surface area (Å²) in [7, 11) is 0. The molecule has 1 fully saturated rings. The summed E-state index contributed by atoms with van der Waals surface area (Å²) in [6, 6.07) is 10.5. The minimum atomic E-state index is -0.0123. The van der Waals surface area contributed by atoms with E-state index >= 15 is 0 Å². The first-order valence-electron chi connectivity index (χ1n) is 8.27. The molecule has 1 atom stereocenters. The maximum atomic E-state index is 12.9. The predicted molar refractivity (Wildman–Crippen MR) is 97.9 cm³/mol. The Morgan fingerprint density at radius 3 is 2.58 bits per heavy atom. The second-order valence-corrected chi connectivity index (χ2v) is 6.18. The van der Waals surface area contributed by atoms with Crippen LogP contribution in [-0.2, 0) is 6.42 Å². The summed E-state index contributed by atoms with van der Waals surface area (Å²) in [5, 5.41) is 3.39. The van der Waals surface area contributed by atoms with Gasteiger partial charge in [0, 0.05) is 25.2 Å². The highest BCUT2D eigenvalue weighted by Gasteiger charge is 2.31. The Bertz CT molecular complexity index is 694. The number of amides is 1. The first kappa shape index (κ1) is 18.6. The van der Waals surface area contributed by atoms with Crippen LogP contribution < -0.4 is 5.32 Å². The first-order valence-corrected chi connectivity index (χ1v) is 8.27. The molecule has 1 N–H and O–H groups in total. The van der Waals surface area contributed by atoms with E-state index in [1.54, 1.807) is 0 Å². The van der Waals surface area contributed by atoms with Crippen LogP contribution in [-0.4, -0.2) is 30.4 Å². The van der Waals surface area contributed by atoms with Crippen LogP contribution in [0.1, 0.15) is 46.0 Å². The molecule has 1 saturated heterocycles. The van der Waals surface area contributed by atoms with Gasteiger partial charge in [-0.05, 0) is 37.5 Å². The van der Waals surface area contributed by atoms with Gasteiger partial charge in [0.2, 0.25) is 0 Å². The molecular formula is C19H25ClN2O2. The van der Waals surface area contributed by atoms with Gasteiger partial charge in [0.25, 0.3) is 5.91 Å². The Hall–Kier alpha value is -1.78. The summed E-state index contributed by atoms with van der Waals surface area (Å²) in [5.41, 5.74) is 3.39. The number of aryl methyl sites for hydroxylation is 3. The van der Waals surface area contributed by atoms with E-state index in [0.717, 1.165) is 30.8 Å². The molecule has 4 nitrogen and oxygen atoms in total. The van der Waals surface area contributed by atoms with Gasteiger partial charge >= 0.3 is 0 Å². The molecule has 0 radical (unpaired) electrons. The monoisotopic (exact) mass is 348 g/mol. The van der Waals surface area contributed by atoms with E-state index in [4.69, 9.17) is 4.42 Å². The highest BCUT2D eigenvalue weighted by atomic mass is 35.5. The number of halogens is 1. The molecule has 1 amide bonds. The summed E-state index contributed by atoms with van der Waals surface area (Å²) in [6.45, 7) is 8.23. The molecule has 1 aromatic carbocycles. The van der Waals surface area contributed by atoms with Crippen LogP contribution in [0.5, 0.6) is 0 Å². The van der Waals surface area contributed by atoms with E-state index in [2.05, 4.69) is 36.5 Å². The molecule has 0 spiro atoms. The van der Waals surface area contributed by atoms with Gasteiger partial charge in [0.1, 0.15) is 5.76 Å². The molecule has 5 heteroatoms. The number of furan rings is 1. The summed E-state index contributed by atoms with van der Waals surface area (Å²) in [6.07, 6.45) is 1.02. The van der Waals surface area contributed by atoms with Crippen molar-refractivity contribution in [1.82, 2.24) is 10.2 Å². The number of carbonyl (C=O) groups is 1. The standard InChI is InChI=1S/C19H24N2O2.ClH/c1-4-15-5-7-16(8-6-15)17-12-20-9-10-21(17)19(22)18-13(2)11-14(3)23-18;/h5-8,11,17,20H,4,9-10,12H2,1-3H3;1H. The zero-order valence-corrected chi connectivity index (χ0v) is 15.3. The maximum absolute atomic E-state index is 12.9. The van der Waals surface area contributed by atoms with Crippen molar-refractivity contribution in [2.45, 2.75) is 33.2 Å². The average Bonchev–Trinajstić information content (AvgIpc) is 2.92. The SMILES string of the molecule is CCc1ccc(C2CNCCN2C(=O)c2oc(C)cc2C)cc1.Cl. The van der Waals surface area contributed by atoms with Gasteiger partial charge in [-0.3, -0.25) is 4.79 Å². The molecule has 2 heterocycles. The van der Waals surface area contributed by atoms with Crippen LogP contribution in [0.15, 0.2) is 34.7 Å². The van der Waals surface area contributed by atoms with E-state index in [9.17, 15) is 4.79 Å². The van der Waals surface area contributed by atoms with E-state index < -0.39 is 0 Å². The van der Waals surface area contributed by atoms with Gasteiger partial charge in [-0.1, -0.05) is 31.2 Å². The van der Waals surface area contributed by atoms with Crippen molar-refractivity contribution in [3.05, 3.63) is 58.5 Å². The molecule has 1 aliphatic heterocycles. The molecule has 130 valence electrons. The Morgan fingerprint density at radius 1 is 1.29 bits per heavy atom. The second-order valence-electron chi connectivity index (χ2n) is 6.18. The summed E-state index contributed by atoms with van der Waals surface area (Å²) < 4.78 is 5.64. The molecule has 1 aliphatic rings. The van der Waals surface area contributed by atoms with E-state index in [1.165, 1.54) is 11.1 Å². The van der Waals surface area contributed by atoms with Crippen LogP contribution in [0.4, 0.5) is 0 Å². The highest BCUT2D eigenvalue weighted by molar-refractivity contribution is 5.93. The molecule has 1 aromatic heterocycles. The fourth-order valence-electron chi connectivity index (χ4n) is 3.20. The van der Waals surface area contributed by atoms with Crippen LogP contribution in [0, 0.1) is 13.8 Å². The topological polar surface area (TPSA) is 45.5 Å². The number of piperazine rings is 1. The number of nitrogens with zero attached hydrogens (tertiary/aromatic N) is 1. The molecule has 0 bridgehead atoms. The zero-order valence-electron chi connectivity index (χ0n) is 14.5. The van der Waals surface area contributed by atoms with Gasteiger partial charge in [0.05, 0.1) is 6.04 Å². The summed E-state index contributed by atoms with van der Waals surface area (Å²) in [4.78, 5) is 14.9. The lowest BCUT2D eigenvalue weighted by molar-refractivity contribution is 0.0599. The smallest absolute Gasteiger partial charge is 0.290 e. The minimum absolute atomic E-state index is 0. The van der Waals surface area contributed by atoms with Crippen LogP contribution in [0.2, 0.25) is 0 Å². The van der Waals surface area contributed by atoms with Crippen LogP contribution in [0.3, 0.4) is 0 Å². The van der Waals surface area contributed by atoms with Crippen molar-refractivity contribution in [1.29, 1.82) is 0 Å². The summed E-state index contributed by atoms with van der Waals surface area (Å²) in [5.74, 6) is 1.24. The van der Waals surface area contributed by atoms with Crippen molar-refractivity contribution in [3.8, 4) is 0 Å². The number of hydrogen-bond donors (Lipinski definition) is 1. The van der Waals surface area contributed by atoms with Gasteiger partial charge in [-0.2, -0.15) is 0 Å². The van der Waals surface area contributed by atoms with Gasteiger partial charge in [-0.15, -0.1) is 12.4 Å². The molecular weight excluding hydrogens is 324 g/mol. The third-order valence-corrected chi connectivity index (χ3v) is 4.51. The number of benzene rings is 1. The molecule has 3 rings (SSSR count). The number of nitrogens with one attached hydrogen (secondary N) is 1. The largest absolute Gasteiger partial charge is 0.456 e. The van der Waals surface area contributed by atoms with Gasteiger partial charge < -0.3 is 14.6 Å². The molecule has 2 aromatic rings. The Balaban J connectivity index is 0.00000208. The van der Waals surface area contributed by atoms with E-state index in [-0.39, 0.29) is 24.4 Å². The Morgan fingerprint density at radius 2 is 2.00 bits per heavy atom. The number of rotatable bonds is 3. The lowest BCUT2D eigenvalue weighted by Gasteiger charge is -2.36. The van der Waals surface area contributed by atoms with Crippen molar-refractivity contribution in [3.63, 3.8) is 0 Å². The van der Waals surface area contributed by atoms with Crippen LogP contribution >= 0.6 is 12.4 Å².